The average molecular weight is 279 g/mol. The Balaban J connectivity index is 1.72. The second-order valence-corrected chi connectivity index (χ2v) is 4.89. The fraction of sp³-hybridized carbons (Fsp3) is 0.385. The number of hydrogen-bond acceptors (Lipinski definition) is 5. The molecule has 0 spiro atoms. The number of benzene rings is 1. The zero-order chi connectivity index (χ0) is 13.5. The van der Waals surface area contributed by atoms with Crippen LogP contribution in [-0.2, 0) is 7.05 Å². The fourth-order valence-corrected chi connectivity index (χ4v) is 2.20. The molecule has 0 atom stereocenters. The van der Waals surface area contributed by atoms with Crippen LogP contribution in [0.3, 0.4) is 0 Å². The van der Waals surface area contributed by atoms with E-state index in [9.17, 15) is 0 Å². The molecule has 0 N–H and O–H groups in total. The maximum Gasteiger partial charge on any atom is 0.190 e. The summed E-state index contributed by atoms with van der Waals surface area (Å²) in [7, 11) is 1.93. The molecule has 2 rings (SSSR count). The van der Waals surface area contributed by atoms with E-state index in [-0.39, 0.29) is 0 Å². The van der Waals surface area contributed by atoms with Crippen LogP contribution in [0.25, 0.3) is 0 Å². The number of aromatic nitrogens is 3. The Kier molecular flexibility index (Phi) is 5.09. The lowest BCUT2D eigenvalue weighted by atomic mass is 10.3. The fourth-order valence-electron chi connectivity index (χ4n) is 1.49. The average Bonchev–Trinajstić information content (AvgIpc) is 2.83. The normalized spacial score (nSPS) is 10.4. The van der Waals surface area contributed by atoms with Gasteiger partial charge in [0.2, 0.25) is 0 Å². The molecule has 6 heteroatoms. The van der Waals surface area contributed by atoms with Gasteiger partial charge in [-0.05, 0) is 31.2 Å². The van der Waals surface area contributed by atoms with Gasteiger partial charge in [-0.15, -0.1) is 10.2 Å². The van der Waals surface area contributed by atoms with Gasteiger partial charge in [0.1, 0.15) is 17.8 Å². The second kappa shape index (κ2) is 7.04. The highest BCUT2D eigenvalue weighted by atomic mass is 32.2. The van der Waals surface area contributed by atoms with Crippen LogP contribution in [0.15, 0.2) is 35.7 Å². The van der Waals surface area contributed by atoms with Gasteiger partial charge in [0, 0.05) is 12.8 Å². The molecule has 1 aromatic carbocycles. The van der Waals surface area contributed by atoms with Crippen LogP contribution < -0.4 is 9.47 Å². The number of aryl methyl sites for hydroxylation is 1. The Hall–Kier alpha value is -1.69. The molecule has 5 nitrogen and oxygen atoms in total. The first-order valence-corrected chi connectivity index (χ1v) is 7.10. The standard InChI is InChI=1S/C13H17N3O2S/c1-3-17-11-4-6-12(7-5-11)18-8-9-19-13-15-14-10-16(13)2/h4-7,10H,3,8-9H2,1-2H3. The molecule has 102 valence electrons. The van der Waals surface area contributed by atoms with Crippen molar-refractivity contribution in [3.8, 4) is 11.5 Å². The van der Waals surface area contributed by atoms with Crippen molar-refractivity contribution in [3.63, 3.8) is 0 Å². The molecular formula is C13H17N3O2S. The molecule has 0 aliphatic rings. The third kappa shape index (κ3) is 4.17. The van der Waals surface area contributed by atoms with Crippen LogP contribution in [0.4, 0.5) is 0 Å². The summed E-state index contributed by atoms with van der Waals surface area (Å²) >= 11 is 1.62. The Morgan fingerprint density at radius 2 is 1.84 bits per heavy atom. The molecule has 0 radical (unpaired) electrons. The molecule has 0 aliphatic carbocycles. The van der Waals surface area contributed by atoms with Crippen molar-refractivity contribution in [1.29, 1.82) is 0 Å². The maximum absolute atomic E-state index is 5.64. The van der Waals surface area contributed by atoms with Gasteiger partial charge in [0.25, 0.3) is 0 Å². The minimum atomic E-state index is 0.630. The molecule has 0 amide bonds. The minimum Gasteiger partial charge on any atom is -0.494 e. The zero-order valence-corrected chi connectivity index (χ0v) is 11.9. The van der Waals surface area contributed by atoms with E-state index >= 15 is 0 Å². The molecule has 0 aliphatic heterocycles. The van der Waals surface area contributed by atoms with Crippen LogP contribution in [0.5, 0.6) is 11.5 Å². The molecule has 2 aromatic rings. The van der Waals surface area contributed by atoms with E-state index in [0.29, 0.717) is 13.2 Å². The minimum absolute atomic E-state index is 0.630. The first-order chi connectivity index (χ1) is 9.29. The van der Waals surface area contributed by atoms with Crippen LogP contribution in [-0.4, -0.2) is 33.7 Å². The highest BCUT2D eigenvalue weighted by molar-refractivity contribution is 7.99. The maximum atomic E-state index is 5.64. The van der Waals surface area contributed by atoms with Crippen molar-refractivity contribution >= 4 is 11.8 Å². The summed E-state index contributed by atoms with van der Waals surface area (Å²) in [6, 6.07) is 7.65. The molecule has 0 unspecified atom stereocenters. The van der Waals surface area contributed by atoms with E-state index < -0.39 is 0 Å². The quantitative estimate of drug-likeness (QED) is 0.575. The van der Waals surface area contributed by atoms with E-state index in [4.69, 9.17) is 9.47 Å². The predicted molar refractivity (Wildman–Crippen MR) is 74.8 cm³/mol. The molecule has 1 heterocycles. The van der Waals surface area contributed by atoms with Crippen LogP contribution >= 0.6 is 11.8 Å². The van der Waals surface area contributed by atoms with Gasteiger partial charge in [-0.1, -0.05) is 11.8 Å². The third-order valence-electron chi connectivity index (χ3n) is 2.39. The van der Waals surface area contributed by atoms with Crippen molar-refractivity contribution in [3.05, 3.63) is 30.6 Å². The van der Waals surface area contributed by atoms with Gasteiger partial charge in [0.15, 0.2) is 5.16 Å². The lowest BCUT2D eigenvalue weighted by Gasteiger charge is -2.07. The van der Waals surface area contributed by atoms with E-state index in [0.717, 1.165) is 22.4 Å². The predicted octanol–water partition coefficient (Wildman–Crippen LogP) is 2.38. The molecule has 0 bridgehead atoms. The Bertz CT molecular complexity index is 499. The van der Waals surface area contributed by atoms with Crippen LogP contribution in [0.2, 0.25) is 0 Å². The topological polar surface area (TPSA) is 49.2 Å². The summed E-state index contributed by atoms with van der Waals surface area (Å²) in [5.74, 6) is 2.55. The van der Waals surface area contributed by atoms with Crippen molar-refractivity contribution in [1.82, 2.24) is 14.8 Å². The lowest BCUT2D eigenvalue weighted by molar-refractivity contribution is 0.332. The van der Waals surface area contributed by atoms with Crippen LogP contribution in [0.1, 0.15) is 6.92 Å². The monoisotopic (exact) mass is 279 g/mol. The molecule has 19 heavy (non-hydrogen) atoms. The molecule has 0 saturated carbocycles. The van der Waals surface area contributed by atoms with Gasteiger partial charge >= 0.3 is 0 Å². The van der Waals surface area contributed by atoms with Crippen molar-refractivity contribution in [2.24, 2.45) is 7.05 Å². The summed E-state index contributed by atoms with van der Waals surface area (Å²) in [6.45, 7) is 3.27. The molecule has 0 fully saturated rings. The summed E-state index contributed by atoms with van der Waals surface area (Å²) in [5, 5.41) is 8.72. The summed E-state index contributed by atoms with van der Waals surface area (Å²) in [5.41, 5.74) is 0. The number of rotatable bonds is 7. The van der Waals surface area contributed by atoms with Gasteiger partial charge in [0.05, 0.1) is 13.2 Å². The highest BCUT2D eigenvalue weighted by Gasteiger charge is 2.01. The lowest BCUT2D eigenvalue weighted by Crippen LogP contribution is -2.01. The van der Waals surface area contributed by atoms with Gasteiger partial charge in [-0.25, -0.2) is 0 Å². The summed E-state index contributed by atoms with van der Waals surface area (Å²) in [4.78, 5) is 0. The van der Waals surface area contributed by atoms with E-state index in [1.54, 1.807) is 18.1 Å². The number of ether oxygens (including phenoxy) is 2. The van der Waals surface area contributed by atoms with Crippen LogP contribution in [0, 0.1) is 0 Å². The summed E-state index contributed by atoms with van der Waals surface area (Å²) < 4.78 is 12.9. The summed E-state index contributed by atoms with van der Waals surface area (Å²) in [6.07, 6.45) is 1.69. The van der Waals surface area contributed by atoms with Gasteiger partial charge in [-0.3, -0.25) is 0 Å². The van der Waals surface area contributed by atoms with E-state index in [2.05, 4.69) is 10.2 Å². The molecule has 1 aromatic heterocycles. The Morgan fingerprint density at radius 3 is 2.42 bits per heavy atom. The van der Waals surface area contributed by atoms with E-state index in [1.807, 2.05) is 42.8 Å². The van der Waals surface area contributed by atoms with Gasteiger partial charge < -0.3 is 14.0 Å². The largest absolute Gasteiger partial charge is 0.494 e. The van der Waals surface area contributed by atoms with Crippen molar-refractivity contribution < 1.29 is 9.47 Å². The number of hydrogen-bond donors (Lipinski definition) is 0. The zero-order valence-electron chi connectivity index (χ0n) is 11.1. The SMILES string of the molecule is CCOc1ccc(OCCSc2nncn2C)cc1. The highest BCUT2D eigenvalue weighted by Crippen LogP contribution is 2.18. The first-order valence-electron chi connectivity index (χ1n) is 6.12. The van der Waals surface area contributed by atoms with Crippen molar-refractivity contribution in [2.45, 2.75) is 12.1 Å². The number of nitrogens with zero attached hydrogens (tertiary/aromatic N) is 3. The van der Waals surface area contributed by atoms with Gasteiger partial charge in [-0.2, -0.15) is 0 Å². The smallest absolute Gasteiger partial charge is 0.190 e. The third-order valence-corrected chi connectivity index (χ3v) is 3.39. The first kappa shape index (κ1) is 13.7. The molecular weight excluding hydrogens is 262 g/mol. The second-order valence-electron chi connectivity index (χ2n) is 3.83. The molecule has 0 saturated heterocycles. The number of thioether (sulfide) groups is 1. The van der Waals surface area contributed by atoms with E-state index in [1.165, 1.54) is 0 Å². The Morgan fingerprint density at radius 1 is 1.16 bits per heavy atom. The van der Waals surface area contributed by atoms with Crippen molar-refractivity contribution in [2.75, 3.05) is 19.0 Å². The Labute approximate surface area is 116 Å².